The third kappa shape index (κ3) is 4.71. The molecule has 3 heterocycles. The standard InChI is InChI=1S/C28H26N6O/c1-2-10-26-21(6-1)11-13-24(29-26)19-35-25-9-3-5-20(17-25)18-34-16-15-23-8-4-7-22(28(23)34)12-14-27-30-32-33-31-27/h1-11,13,17H,12,14-16,18-19H2,(H,30,31,32,33). The first-order chi connectivity index (χ1) is 17.3. The smallest absolute Gasteiger partial charge is 0.148 e. The normalized spacial score (nSPS) is 12.7. The second-order valence-electron chi connectivity index (χ2n) is 8.88. The Morgan fingerprint density at radius 1 is 0.914 bits per heavy atom. The van der Waals surface area contributed by atoms with Crippen LogP contribution >= 0.6 is 0 Å². The van der Waals surface area contributed by atoms with Crippen LogP contribution in [0.1, 0.15) is 28.2 Å². The monoisotopic (exact) mass is 462 g/mol. The summed E-state index contributed by atoms with van der Waals surface area (Å²) in [6, 6.07) is 27.3. The lowest BCUT2D eigenvalue weighted by atomic mass is 10.0. The number of hydrogen-bond donors (Lipinski definition) is 1. The van der Waals surface area contributed by atoms with Gasteiger partial charge in [-0.05, 0) is 64.2 Å². The number of aromatic amines is 1. The van der Waals surface area contributed by atoms with Gasteiger partial charge in [0, 0.05) is 30.6 Å². The summed E-state index contributed by atoms with van der Waals surface area (Å²) < 4.78 is 6.12. The van der Waals surface area contributed by atoms with E-state index < -0.39 is 0 Å². The Hall–Kier alpha value is -4.26. The summed E-state index contributed by atoms with van der Waals surface area (Å²) in [6.07, 6.45) is 2.76. The Bertz CT molecular complexity index is 1450. The molecule has 3 aromatic carbocycles. The highest BCUT2D eigenvalue weighted by molar-refractivity contribution is 5.78. The van der Waals surface area contributed by atoms with Crippen LogP contribution < -0.4 is 9.64 Å². The first-order valence-electron chi connectivity index (χ1n) is 12.0. The van der Waals surface area contributed by atoms with Crippen LogP contribution in [0.3, 0.4) is 0 Å². The number of pyridine rings is 1. The number of nitrogens with zero attached hydrogens (tertiary/aromatic N) is 5. The van der Waals surface area contributed by atoms with Gasteiger partial charge in [0.05, 0.1) is 11.2 Å². The van der Waals surface area contributed by atoms with E-state index in [2.05, 4.69) is 74.1 Å². The third-order valence-electron chi connectivity index (χ3n) is 6.51. The molecule has 0 fully saturated rings. The van der Waals surface area contributed by atoms with Crippen molar-refractivity contribution >= 4 is 16.6 Å². The fourth-order valence-electron chi connectivity index (χ4n) is 4.82. The second-order valence-corrected chi connectivity index (χ2v) is 8.88. The lowest BCUT2D eigenvalue weighted by Gasteiger charge is -2.23. The molecule has 1 aliphatic heterocycles. The molecule has 2 aromatic heterocycles. The molecular weight excluding hydrogens is 436 g/mol. The summed E-state index contributed by atoms with van der Waals surface area (Å²) in [5, 5.41) is 15.4. The van der Waals surface area contributed by atoms with Gasteiger partial charge in [0.2, 0.25) is 0 Å². The van der Waals surface area contributed by atoms with Crippen molar-refractivity contribution in [1.82, 2.24) is 25.6 Å². The third-order valence-corrected chi connectivity index (χ3v) is 6.51. The van der Waals surface area contributed by atoms with Crippen molar-refractivity contribution in [3.8, 4) is 5.75 Å². The van der Waals surface area contributed by atoms with E-state index in [1.807, 2.05) is 30.3 Å². The van der Waals surface area contributed by atoms with Gasteiger partial charge in [0.25, 0.3) is 0 Å². The minimum Gasteiger partial charge on any atom is -0.487 e. The maximum atomic E-state index is 6.12. The van der Waals surface area contributed by atoms with Crippen LogP contribution in [0.2, 0.25) is 0 Å². The van der Waals surface area contributed by atoms with E-state index >= 15 is 0 Å². The highest BCUT2D eigenvalue weighted by Gasteiger charge is 2.22. The van der Waals surface area contributed by atoms with Crippen molar-refractivity contribution in [2.45, 2.75) is 32.4 Å². The van der Waals surface area contributed by atoms with Crippen LogP contribution in [0, 0.1) is 0 Å². The summed E-state index contributed by atoms with van der Waals surface area (Å²) in [4.78, 5) is 7.20. The first-order valence-corrected chi connectivity index (χ1v) is 12.0. The number of anilines is 1. The van der Waals surface area contributed by atoms with Crippen LogP contribution in [0.5, 0.6) is 5.75 Å². The molecule has 0 spiro atoms. The predicted molar refractivity (Wildman–Crippen MR) is 135 cm³/mol. The maximum Gasteiger partial charge on any atom is 0.148 e. The van der Waals surface area contributed by atoms with E-state index in [1.54, 1.807) is 0 Å². The topological polar surface area (TPSA) is 79.8 Å². The lowest BCUT2D eigenvalue weighted by Crippen LogP contribution is -2.21. The van der Waals surface area contributed by atoms with Crippen LogP contribution in [-0.2, 0) is 32.4 Å². The molecule has 1 N–H and O–H groups in total. The van der Waals surface area contributed by atoms with E-state index in [4.69, 9.17) is 9.72 Å². The molecular formula is C28H26N6O. The zero-order chi connectivity index (χ0) is 23.5. The van der Waals surface area contributed by atoms with E-state index in [0.29, 0.717) is 6.61 Å². The number of nitrogens with one attached hydrogen (secondary N) is 1. The second kappa shape index (κ2) is 9.54. The number of para-hydroxylation sites is 2. The molecule has 0 radical (unpaired) electrons. The molecule has 35 heavy (non-hydrogen) atoms. The molecule has 0 atom stereocenters. The van der Waals surface area contributed by atoms with Gasteiger partial charge in [0.15, 0.2) is 0 Å². The van der Waals surface area contributed by atoms with E-state index in [0.717, 1.165) is 60.5 Å². The number of hydrogen-bond acceptors (Lipinski definition) is 6. The van der Waals surface area contributed by atoms with E-state index in [1.165, 1.54) is 22.4 Å². The van der Waals surface area contributed by atoms with Gasteiger partial charge < -0.3 is 9.64 Å². The largest absolute Gasteiger partial charge is 0.487 e. The molecule has 5 aromatic rings. The average Bonchev–Trinajstić information content (AvgIpc) is 3.57. The van der Waals surface area contributed by atoms with Gasteiger partial charge in [-0.25, -0.2) is 10.1 Å². The van der Waals surface area contributed by atoms with Crippen LogP contribution in [0.15, 0.2) is 78.9 Å². The number of rotatable bonds is 8. The molecule has 0 saturated heterocycles. The minimum atomic E-state index is 0.446. The van der Waals surface area contributed by atoms with Gasteiger partial charge in [-0.1, -0.05) is 54.6 Å². The summed E-state index contributed by atoms with van der Waals surface area (Å²) in [6.45, 7) is 2.31. The molecule has 0 bridgehead atoms. The van der Waals surface area contributed by atoms with Gasteiger partial charge in [-0.3, -0.25) is 0 Å². The van der Waals surface area contributed by atoms with E-state index in [-0.39, 0.29) is 0 Å². The van der Waals surface area contributed by atoms with Gasteiger partial charge in [-0.15, -0.1) is 5.10 Å². The molecule has 1 aliphatic rings. The van der Waals surface area contributed by atoms with E-state index in [9.17, 15) is 0 Å². The van der Waals surface area contributed by atoms with Crippen LogP contribution in [0.4, 0.5) is 5.69 Å². The molecule has 6 rings (SSSR count). The summed E-state index contributed by atoms with van der Waals surface area (Å²) in [5.74, 6) is 1.68. The van der Waals surface area contributed by atoms with Crippen molar-refractivity contribution in [2.24, 2.45) is 0 Å². The Morgan fingerprint density at radius 2 is 1.86 bits per heavy atom. The number of fused-ring (bicyclic) bond motifs is 2. The Labute approximate surface area is 203 Å². The Kier molecular flexibility index (Phi) is 5.80. The SMILES string of the molecule is c1cc(CN2CCc3cccc(CCc4nnn[nH]4)c32)cc(OCc2ccc3ccccc3n2)c1. The molecule has 0 amide bonds. The number of aryl methyl sites for hydroxylation is 2. The van der Waals surface area contributed by atoms with Gasteiger partial charge >= 0.3 is 0 Å². The molecule has 7 heteroatoms. The van der Waals surface area contributed by atoms with Gasteiger partial charge in [0.1, 0.15) is 18.2 Å². The highest BCUT2D eigenvalue weighted by atomic mass is 16.5. The molecule has 0 aliphatic carbocycles. The first kappa shape index (κ1) is 21.3. The fourth-order valence-corrected chi connectivity index (χ4v) is 4.82. The Balaban J connectivity index is 1.15. The predicted octanol–water partition coefficient (Wildman–Crippen LogP) is 4.67. The fraction of sp³-hybridized carbons (Fsp3) is 0.214. The molecule has 174 valence electrons. The molecule has 0 saturated carbocycles. The number of H-pyrrole nitrogens is 1. The summed E-state index contributed by atoms with van der Waals surface area (Å²) in [7, 11) is 0. The van der Waals surface area contributed by atoms with Crippen molar-refractivity contribution in [1.29, 1.82) is 0 Å². The number of ether oxygens (including phenoxy) is 1. The van der Waals surface area contributed by atoms with Crippen LogP contribution in [-0.4, -0.2) is 32.2 Å². The maximum absolute atomic E-state index is 6.12. The quantitative estimate of drug-likeness (QED) is 0.361. The van der Waals surface area contributed by atoms with Crippen molar-refractivity contribution in [3.05, 3.63) is 107 Å². The average molecular weight is 463 g/mol. The van der Waals surface area contributed by atoms with Gasteiger partial charge in [-0.2, -0.15) is 0 Å². The molecule has 0 unspecified atom stereocenters. The number of aromatic nitrogens is 5. The van der Waals surface area contributed by atoms with Crippen molar-refractivity contribution in [2.75, 3.05) is 11.4 Å². The van der Waals surface area contributed by atoms with Crippen molar-refractivity contribution < 1.29 is 4.74 Å². The zero-order valence-electron chi connectivity index (χ0n) is 19.4. The van der Waals surface area contributed by atoms with Crippen LogP contribution in [0.25, 0.3) is 10.9 Å². The number of tetrazole rings is 1. The molecule has 7 nitrogen and oxygen atoms in total. The summed E-state index contributed by atoms with van der Waals surface area (Å²) >= 11 is 0. The van der Waals surface area contributed by atoms with Crippen molar-refractivity contribution in [3.63, 3.8) is 0 Å². The zero-order valence-corrected chi connectivity index (χ0v) is 19.4. The summed E-state index contributed by atoms with van der Waals surface area (Å²) in [5.41, 5.74) is 7.25. The lowest BCUT2D eigenvalue weighted by molar-refractivity contribution is 0.301. The highest BCUT2D eigenvalue weighted by Crippen LogP contribution is 2.34. The number of benzene rings is 3. The minimum absolute atomic E-state index is 0.446. The Morgan fingerprint density at radius 3 is 2.80 bits per heavy atom.